The Bertz CT molecular complexity index is 832. The number of hydrogen-bond donors (Lipinski definition) is 0. The number of ether oxygens (including phenoxy) is 2. The Morgan fingerprint density at radius 1 is 1.36 bits per heavy atom. The van der Waals surface area contributed by atoms with Crippen molar-refractivity contribution >= 4 is 34.5 Å². The van der Waals surface area contributed by atoms with E-state index in [9.17, 15) is 4.79 Å². The Morgan fingerprint density at radius 3 is 2.75 bits per heavy atom. The van der Waals surface area contributed by atoms with Gasteiger partial charge < -0.3 is 9.47 Å². The van der Waals surface area contributed by atoms with E-state index in [4.69, 9.17) is 14.5 Å². The Morgan fingerprint density at radius 2 is 2.11 bits per heavy atom. The number of carbonyl (C=O) groups excluding carboxylic acids is 1. The maximum absolute atomic E-state index is 13.9. The summed E-state index contributed by atoms with van der Waals surface area (Å²) in [6.45, 7) is 4.53. The molecule has 4 rings (SSSR count). The van der Waals surface area contributed by atoms with Crippen molar-refractivity contribution in [2.75, 3.05) is 27.4 Å². The van der Waals surface area contributed by atoms with Crippen LogP contribution < -0.4 is 0 Å². The molecule has 1 fully saturated rings. The molecule has 0 N–H and O–H groups in total. The minimum atomic E-state index is -0.935. The van der Waals surface area contributed by atoms with Gasteiger partial charge in [0.25, 0.3) is 5.91 Å². The smallest absolute Gasteiger partial charge is 0.262 e. The highest BCUT2D eigenvalue weighted by Gasteiger charge is 2.66. The van der Waals surface area contributed by atoms with Gasteiger partial charge >= 0.3 is 0 Å². The fourth-order valence-corrected chi connectivity index (χ4v) is 5.67. The molecular formula is C21H26BrN3O3. The summed E-state index contributed by atoms with van der Waals surface area (Å²) in [5.74, 6) is 0.405. The van der Waals surface area contributed by atoms with Crippen molar-refractivity contribution < 1.29 is 14.3 Å². The van der Waals surface area contributed by atoms with Gasteiger partial charge in [-0.3, -0.25) is 9.69 Å². The van der Waals surface area contributed by atoms with Crippen LogP contribution >= 0.6 is 15.9 Å². The Balaban J connectivity index is 1.85. The molecule has 7 heteroatoms. The van der Waals surface area contributed by atoms with Crippen LogP contribution in [0.15, 0.2) is 32.7 Å². The van der Waals surface area contributed by atoms with Gasteiger partial charge in [0.1, 0.15) is 0 Å². The van der Waals surface area contributed by atoms with Crippen LogP contribution in [0.4, 0.5) is 0 Å². The summed E-state index contributed by atoms with van der Waals surface area (Å²) in [4.78, 5) is 24.7. The fraction of sp³-hybridized carbons (Fsp3) is 0.571. The fourth-order valence-electron chi connectivity index (χ4n) is 5.31. The normalized spacial score (nSPS) is 31.5. The molecule has 3 aliphatic rings. The van der Waals surface area contributed by atoms with Crippen LogP contribution in [0.3, 0.4) is 0 Å². The second-order valence-corrected chi connectivity index (χ2v) is 8.84. The topological polar surface area (TPSA) is 63.5 Å². The number of aliphatic imine (C=N–C) groups is 2. The standard InChI is InChI=1S/C21H26BrN3O3/c1-23-19-24-21(18(26)25(19)10-11-27-2)17-12-15(22)5-4-14(17)13-20(21)8-6-16(28-3)7-9-20/h4-5,12,16H,1,6-11,13H2,2-3H3. The molecule has 2 aliphatic carbocycles. The average Bonchev–Trinajstić information content (AvgIpc) is 3.14. The average molecular weight is 448 g/mol. The van der Waals surface area contributed by atoms with Crippen molar-refractivity contribution in [2.24, 2.45) is 15.4 Å². The third-order valence-electron chi connectivity index (χ3n) is 6.71. The first-order valence-electron chi connectivity index (χ1n) is 9.70. The number of amides is 1. The number of benzene rings is 1. The lowest BCUT2D eigenvalue weighted by Gasteiger charge is -2.45. The van der Waals surface area contributed by atoms with E-state index in [1.807, 2.05) is 6.07 Å². The van der Waals surface area contributed by atoms with Crippen molar-refractivity contribution in [3.63, 3.8) is 0 Å². The SMILES string of the molecule is C=NC1=NC2(C(=O)N1CCOC)c1cc(Br)ccc1CC21CCC(OC)CC1. The van der Waals surface area contributed by atoms with Crippen LogP contribution in [-0.4, -0.2) is 57.0 Å². The van der Waals surface area contributed by atoms with Gasteiger partial charge in [0.15, 0.2) is 5.54 Å². The molecule has 1 aromatic rings. The van der Waals surface area contributed by atoms with E-state index in [1.54, 1.807) is 19.1 Å². The van der Waals surface area contributed by atoms with Gasteiger partial charge in [0.2, 0.25) is 5.96 Å². The Labute approximate surface area is 174 Å². The largest absolute Gasteiger partial charge is 0.383 e. The van der Waals surface area contributed by atoms with Crippen molar-refractivity contribution in [3.8, 4) is 0 Å². The van der Waals surface area contributed by atoms with Crippen molar-refractivity contribution in [2.45, 2.75) is 43.7 Å². The first-order chi connectivity index (χ1) is 13.5. The number of halogens is 1. The molecule has 0 bridgehead atoms. The number of methoxy groups -OCH3 is 2. The molecule has 1 saturated carbocycles. The minimum Gasteiger partial charge on any atom is -0.383 e. The van der Waals surface area contributed by atoms with Gasteiger partial charge in [-0.15, -0.1) is 0 Å². The zero-order valence-corrected chi connectivity index (χ0v) is 18.0. The highest BCUT2D eigenvalue weighted by molar-refractivity contribution is 9.10. The number of guanidine groups is 1. The quantitative estimate of drug-likeness (QED) is 0.664. The predicted molar refractivity (Wildman–Crippen MR) is 112 cm³/mol. The van der Waals surface area contributed by atoms with E-state index >= 15 is 0 Å². The lowest BCUT2D eigenvalue weighted by atomic mass is 9.61. The highest BCUT2D eigenvalue weighted by atomic mass is 79.9. The van der Waals surface area contributed by atoms with Crippen LogP contribution in [0.5, 0.6) is 0 Å². The van der Waals surface area contributed by atoms with Gasteiger partial charge in [0, 0.05) is 24.1 Å². The first kappa shape index (κ1) is 19.7. The van der Waals surface area contributed by atoms with E-state index in [0.717, 1.165) is 42.1 Å². The molecule has 1 amide bonds. The third kappa shape index (κ3) is 2.70. The minimum absolute atomic E-state index is 0.000308. The van der Waals surface area contributed by atoms with Crippen LogP contribution in [0.1, 0.15) is 36.8 Å². The van der Waals surface area contributed by atoms with Crippen molar-refractivity contribution in [1.82, 2.24) is 4.90 Å². The molecular weight excluding hydrogens is 422 g/mol. The molecule has 0 saturated heterocycles. The summed E-state index contributed by atoms with van der Waals surface area (Å²) in [5, 5.41) is 0. The zero-order valence-electron chi connectivity index (χ0n) is 16.4. The number of nitrogens with zero attached hydrogens (tertiary/aromatic N) is 3. The second-order valence-electron chi connectivity index (χ2n) is 7.92. The molecule has 150 valence electrons. The Hall–Kier alpha value is -1.57. The molecule has 6 nitrogen and oxygen atoms in total. The molecule has 1 unspecified atom stereocenters. The molecule has 1 atom stereocenters. The summed E-state index contributed by atoms with van der Waals surface area (Å²) in [6, 6.07) is 6.24. The van der Waals surface area contributed by atoms with Crippen molar-refractivity contribution in [3.05, 3.63) is 33.8 Å². The van der Waals surface area contributed by atoms with Crippen LogP contribution in [0, 0.1) is 5.41 Å². The zero-order chi connectivity index (χ0) is 19.9. The number of carbonyl (C=O) groups is 1. The summed E-state index contributed by atoms with van der Waals surface area (Å²) in [5.41, 5.74) is 1.02. The number of fused-ring (bicyclic) bond motifs is 3. The predicted octanol–water partition coefficient (Wildman–Crippen LogP) is 3.32. The summed E-state index contributed by atoms with van der Waals surface area (Å²) in [6.07, 6.45) is 4.77. The van der Waals surface area contributed by atoms with Gasteiger partial charge in [0.05, 0.1) is 19.3 Å². The van der Waals surface area contributed by atoms with Crippen LogP contribution in [0.25, 0.3) is 0 Å². The van der Waals surface area contributed by atoms with Crippen LogP contribution in [0.2, 0.25) is 0 Å². The monoisotopic (exact) mass is 447 g/mol. The number of hydrogen-bond acceptors (Lipinski definition) is 5. The Kier molecular flexibility index (Phi) is 5.18. The van der Waals surface area contributed by atoms with Gasteiger partial charge in [-0.1, -0.05) is 22.0 Å². The van der Waals surface area contributed by atoms with Gasteiger partial charge in [-0.25, -0.2) is 9.98 Å². The van der Waals surface area contributed by atoms with Crippen LogP contribution in [-0.2, 0) is 26.2 Å². The maximum Gasteiger partial charge on any atom is 0.262 e. The molecule has 0 radical (unpaired) electrons. The maximum atomic E-state index is 13.9. The highest BCUT2D eigenvalue weighted by Crippen LogP contribution is 2.62. The summed E-state index contributed by atoms with van der Waals surface area (Å²) < 4.78 is 11.8. The first-order valence-corrected chi connectivity index (χ1v) is 10.5. The molecule has 0 aromatic heterocycles. The second kappa shape index (κ2) is 7.35. The van der Waals surface area contributed by atoms with Crippen molar-refractivity contribution in [1.29, 1.82) is 0 Å². The lowest BCUT2D eigenvalue weighted by molar-refractivity contribution is -0.138. The van der Waals surface area contributed by atoms with E-state index in [0.29, 0.717) is 19.1 Å². The molecule has 1 aliphatic heterocycles. The third-order valence-corrected chi connectivity index (χ3v) is 7.20. The van der Waals surface area contributed by atoms with Gasteiger partial charge in [-0.05, 0) is 62.1 Å². The molecule has 28 heavy (non-hydrogen) atoms. The summed E-state index contributed by atoms with van der Waals surface area (Å²) >= 11 is 3.59. The van der Waals surface area contributed by atoms with E-state index in [-0.39, 0.29) is 17.4 Å². The van der Waals surface area contributed by atoms with E-state index in [2.05, 4.69) is 39.8 Å². The molecule has 1 heterocycles. The van der Waals surface area contributed by atoms with E-state index in [1.165, 1.54) is 5.56 Å². The molecule has 1 aromatic carbocycles. The van der Waals surface area contributed by atoms with Gasteiger partial charge in [-0.2, -0.15) is 0 Å². The molecule has 2 spiro atoms. The number of rotatable bonds is 4. The van der Waals surface area contributed by atoms with E-state index < -0.39 is 5.54 Å². The summed E-state index contributed by atoms with van der Waals surface area (Å²) in [7, 11) is 3.40. The lowest BCUT2D eigenvalue weighted by Crippen LogP contribution is -2.52.